The summed E-state index contributed by atoms with van der Waals surface area (Å²) < 4.78 is 29.7. The lowest BCUT2D eigenvalue weighted by Gasteiger charge is -2.33. The SMILES string of the molecule is O=C(CCn1ccc2cc(Cl)ccc21)CC1CCN(c2ccc(S(=O)(=O)Nc3nccs3)cc2)CC1. The van der Waals surface area contributed by atoms with E-state index in [0.29, 0.717) is 41.2 Å². The molecule has 0 unspecified atom stereocenters. The van der Waals surface area contributed by atoms with Crippen molar-refractivity contribution in [3.63, 3.8) is 0 Å². The molecule has 1 aliphatic rings. The number of benzene rings is 2. The quantitative estimate of drug-likeness (QED) is 0.288. The summed E-state index contributed by atoms with van der Waals surface area (Å²) in [6, 6.07) is 14.8. The number of hydrogen-bond donors (Lipinski definition) is 1. The highest BCUT2D eigenvalue weighted by atomic mass is 35.5. The summed E-state index contributed by atoms with van der Waals surface area (Å²) in [6.45, 7) is 2.38. The highest BCUT2D eigenvalue weighted by Gasteiger charge is 2.22. The van der Waals surface area contributed by atoms with E-state index in [4.69, 9.17) is 11.6 Å². The lowest BCUT2D eigenvalue weighted by Crippen LogP contribution is -2.34. The van der Waals surface area contributed by atoms with Crippen LogP contribution < -0.4 is 9.62 Å². The van der Waals surface area contributed by atoms with Gasteiger partial charge in [0.15, 0.2) is 5.13 Å². The molecule has 7 nitrogen and oxygen atoms in total. The molecule has 3 heterocycles. The van der Waals surface area contributed by atoms with Crippen molar-refractivity contribution < 1.29 is 13.2 Å². The molecule has 5 rings (SSSR count). The Balaban J connectivity index is 1.10. The summed E-state index contributed by atoms with van der Waals surface area (Å²) in [5, 5.41) is 3.87. The van der Waals surface area contributed by atoms with Gasteiger partial charge in [0.25, 0.3) is 10.0 Å². The Morgan fingerprint density at radius 3 is 2.61 bits per heavy atom. The number of aryl methyl sites for hydroxylation is 1. The van der Waals surface area contributed by atoms with E-state index in [-0.39, 0.29) is 4.90 Å². The first-order valence-electron chi connectivity index (χ1n) is 11.9. The van der Waals surface area contributed by atoms with E-state index < -0.39 is 10.0 Å². The molecule has 4 aromatic rings. The molecular formula is C26H27ClN4O3S2. The average molecular weight is 543 g/mol. The van der Waals surface area contributed by atoms with Crippen LogP contribution in [0.3, 0.4) is 0 Å². The lowest BCUT2D eigenvalue weighted by atomic mass is 9.90. The van der Waals surface area contributed by atoms with Gasteiger partial charge in [0.2, 0.25) is 0 Å². The number of Topliss-reactive ketones (excluding diaryl/α,β-unsaturated/α-hetero) is 1. The van der Waals surface area contributed by atoms with Gasteiger partial charge in [-0.1, -0.05) is 11.6 Å². The topological polar surface area (TPSA) is 84.3 Å². The number of nitrogens with one attached hydrogen (secondary N) is 1. The molecule has 10 heteroatoms. The van der Waals surface area contributed by atoms with Crippen LogP contribution in [0, 0.1) is 5.92 Å². The summed E-state index contributed by atoms with van der Waals surface area (Å²) in [5.41, 5.74) is 2.09. The lowest BCUT2D eigenvalue weighted by molar-refractivity contribution is -0.120. The predicted molar refractivity (Wildman–Crippen MR) is 145 cm³/mol. The summed E-state index contributed by atoms with van der Waals surface area (Å²) in [6.07, 6.45) is 6.60. The van der Waals surface area contributed by atoms with Crippen molar-refractivity contribution in [1.29, 1.82) is 0 Å². The molecular weight excluding hydrogens is 516 g/mol. The number of fused-ring (bicyclic) bond motifs is 1. The Morgan fingerprint density at radius 1 is 1.11 bits per heavy atom. The van der Waals surface area contributed by atoms with Crippen molar-refractivity contribution >= 4 is 60.5 Å². The first-order valence-corrected chi connectivity index (χ1v) is 14.6. The number of ketones is 1. The van der Waals surface area contributed by atoms with Gasteiger partial charge >= 0.3 is 0 Å². The molecule has 0 bridgehead atoms. The number of thiazole rings is 1. The van der Waals surface area contributed by atoms with Crippen molar-refractivity contribution in [1.82, 2.24) is 9.55 Å². The standard InChI is InChI=1S/C26H27ClN4O3S2/c27-21-1-6-25-20(18-21)9-14-31(25)15-10-23(32)17-19-7-12-30(13-8-19)22-2-4-24(5-3-22)36(33,34)29-26-28-11-16-35-26/h1-6,9,11,14,16,18-19H,7-8,10,12-13,15,17H2,(H,28,29). The van der Waals surface area contributed by atoms with Crippen LogP contribution in [-0.4, -0.2) is 36.8 Å². The number of carbonyl (C=O) groups is 1. The second-order valence-electron chi connectivity index (χ2n) is 9.07. The molecule has 0 radical (unpaired) electrons. The number of anilines is 2. The highest BCUT2D eigenvalue weighted by molar-refractivity contribution is 7.93. The Morgan fingerprint density at radius 2 is 1.89 bits per heavy atom. The Kier molecular flexibility index (Phi) is 7.32. The zero-order valence-corrected chi connectivity index (χ0v) is 22.0. The normalized spacial score (nSPS) is 14.9. The fourth-order valence-electron chi connectivity index (χ4n) is 4.71. The van der Waals surface area contributed by atoms with Crippen molar-refractivity contribution in [2.24, 2.45) is 5.92 Å². The molecule has 0 aliphatic carbocycles. The number of aromatic nitrogens is 2. The Bertz CT molecular complexity index is 1440. The van der Waals surface area contributed by atoms with E-state index in [0.717, 1.165) is 42.5 Å². The van der Waals surface area contributed by atoms with Crippen LogP contribution in [0.5, 0.6) is 0 Å². The van der Waals surface area contributed by atoms with Gasteiger partial charge in [0.05, 0.1) is 4.90 Å². The minimum atomic E-state index is -3.65. The van der Waals surface area contributed by atoms with Gasteiger partial charge in [-0.25, -0.2) is 13.4 Å². The maximum atomic E-state index is 12.7. The molecule has 1 N–H and O–H groups in total. The second-order valence-corrected chi connectivity index (χ2v) is 12.1. The van der Waals surface area contributed by atoms with Crippen LogP contribution >= 0.6 is 22.9 Å². The third-order valence-corrected chi connectivity index (χ3v) is 9.07. The zero-order valence-electron chi connectivity index (χ0n) is 19.6. The van der Waals surface area contributed by atoms with Crippen LogP contribution in [0.1, 0.15) is 25.7 Å². The summed E-state index contributed by atoms with van der Waals surface area (Å²) in [5.74, 6) is 0.683. The molecule has 0 saturated carbocycles. The molecule has 0 atom stereocenters. The van der Waals surface area contributed by atoms with Crippen molar-refractivity contribution in [3.05, 3.63) is 71.3 Å². The second kappa shape index (κ2) is 10.6. The minimum absolute atomic E-state index is 0.209. The Hall–Kier alpha value is -2.88. The number of halogens is 1. The van der Waals surface area contributed by atoms with Crippen LogP contribution in [0.2, 0.25) is 5.02 Å². The molecule has 0 spiro atoms. The Labute approximate surface area is 219 Å². The van der Waals surface area contributed by atoms with Crippen molar-refractivity contribution in [2.45, 2.75) is 37.1 Å². The van der Waals surface area contributed by atoms with Crippen molar-refractivity contribution in [3.8, 4) is 0 Å². The first kappa shape index (κ1) is 24.8. The van der Waals surface area contributed by atoms with E-state index in [9.17, 15) is 13.2 Å². The maximum absolute atomic E-state index is 12.7. The molecule has 2 aromatic heterocycles. The van der Waals surface area contributed by atoms with Gasteiger partial charge in [-0.05, 0) is 67.3 Å². The third kappa shape index (κ3) is 5.74. The number of rotatable bonds is 9. The molecule has 1 fully saturated rings. The predicted octanol–water partition coefficient (Wildman–Crippen LogP) is 5.82. The van der Waals surface area contributed by atoms with Crippen LogP contribution in [0.25, 0.3) is 10.9 Å². The molecule has 2 aromatic carbocycles. The fourth-order valence-corrected chi connectivity index (χ4v) is 6.68. The largest absolute Gasteiger partial charge is 0.372 e. The van der Waals surface area contributed by atoms with Crippen LogP contribution in [0.15, 0.2) is 71.2 Å². The number of carbonyl (C=O) groups excluding carboxylic acids is 1. The molecule has 1 aliphatic heterocycles. The number of hydrogen-bond acceptors (Lipinski definition) is 6. The highest BCUT2D eigenvalue weighted by Crippen LogP contribution is 2.28. The average Bonchev–Trinajstić information content (AvgIpc) is 3.52. The molecule has 0 amide bonds. The third-order valence-electron chi connectivity index (χ3n) is 6.66. The van der Waals surface area contributed by atoms with E-state index in [2.05, 4.69) is 19.2 Å². The molecule has 188 valence electrons. The number of nitrogens with zero attached hydrogens (tertiary/aromatic N) is 3. The van der Waals surface area contributed by atoms with Gasteiger partial charge in [-0.15, -0.1) is 11.3 Å². The van der Waals surface area contributed by atoms with E-state index in [1.807, 2.05) is 42.6 Å². The van der Waals surface area contributed by atoms with Gasteiger partial charge in [-0.2, -0.15) is 0 Å². The minimum Gasteiger partial charge on any atom is -0.372 e. The van der Waals surface area contributed by atoms with E-state index in [1.165, 1.54) is 11.3 Å². The van der Waals surface area contributed by atoms with Gasteiger partial charge in [-0.3, -0.25) is 9.52 Å². The number of piperidine rings is 1. The molecule has 36 heavy (non-hydrogen) atoms. The van der Waals surface area contributed by atoms with E-state index in [1.54, 1.807) is 23.7 Å². The zero-order chi connectivity index (χ0) is 25.1. The smallest absolute Gasteiger partial charge is 0.263 e. The van der Waals surface area contributed by atoms with Crippen molar-refractivity contribution in [2.75, 3.05) is 22.7 Å². The first-order chi connectivity index (χ1) is 17.4. The molecule has 1 saturated heterocycles. The van der Waals surface area contributed by atoms with Crippen LogP contribution in [0.4, 0.5) is 10.8 Å². The fraction of sp³-hybridized carbons (Fsp3) is 0.308. The monoisotopic (exact) mass is 542 g/mol. The number of sulfonamides is 1. The van der Waals surface area contributed by atoms with Gasteiger partial charge < -0.3 is 9.47 Å². The summed E-state index contributed by atoms with van der Waals surface area (Å²) in [4.78, 5) is 19.1. The van der Waals surface area contributed by atoms with E-state index >= 15 is 0 Å². The van der Waals surface area contributed by atoms with Crippen LogP contribution in [-0.2, 0) is 21.4 Å². The summed E-state index contributed by atoms with van der Waals surface area (Å²) >= 11 is 7.30. The maximum Gasteiger partial charge on any atom is 0.263 e. The summed E-state index contributed by atoms with van der Waals surface area (Å²) in [7, 11) is -3.65. The van der Waals surface area contributed by atoms with Gasteiger partial charge in [0, 0.05) is 71.9 Å². The van der Waals surface area contributed by atoms with Gasteiger partial charge in [0.1, 0.15) is 5.78 Å².